The molecule has 0 aliphatic carbocycles. The van der Waals surface area contributed by atoms with Crippen LogP contribution >= 0.6 is 0 Å². The lowest BCUT2D eigenvalue weighted by Gasteiger charge is -2.53. The Bertz CT molecular complexity index is 1660. The van der Waals surface area contributed by atoms with Gasteiger partial charge in [-0.3, -0.25) is 9.78 Å². The number of esters is 1. The van der Waals surface area contributed by atoms with E-state index in [9.17, 15) is 25.2 Å². The van der Waals surface area contributed by atoms with Gasteiger partial charge in [-0.2, -0.15) is 4.99 Å². The molecule has 0 spiro atoms. The van der Waals surface area contributed by atoms with Gasteiger partial charge in [0.25, 0.3) is 6.02 Å². The van der Waals surface area contributed by atoms with E-state index in [0.717, 1.165) is 6.42 Å². The number of ether oxygens (including phenoxy) is 7. The van der Waals surface area contributed by atoms with Crippen LogP contribution in [0.5, 0.6) is 0 Å². The number of nitrogens with one attached hydrogen (secondary N) is 2. The van der Waals surface area contributed by atoms with Gasteiger partial charge in [-0.05, 0) is 105 Å². The molecule has 1 aromatic rings. The van der Waals surface area contributed by atoms with E-state index < -0.39 is 95.5 Å². The van der Waals surface area contributed by atoms with Crippen LogP contribution in [0.25, 0.3) is 0 Å². The zero-order valence-electron chi connectivity index (χ0n) is 39.9. The molecule has 18 atom stereocenters. The lowest BCUT2D eigenvalue weighted by molar-refractivity contribution is -0.335. The third-order valence-electron chi connectivity index (χ3n) is 14.2. The highest BCUT2D eigenvalue weighted by atomic mass is 16.7. The molecular weight excluding hydrogens is 815 g/mol. The van der Waals surface area contributed by atoms with Gasteiger partial charge in [0.1, 0.15) is 29.0 Å². The summed E-state index contributed by atoms with van der Waals surface area (Å²) >= 11 is 0. The second-order valence-corrected chi connectivity index (χ2v) is 19.5. The number of aromatic nitrogens is 1. The minimum absolute atomic E-state index is 0.0936. The van der Waals surface area contributed by atoms with Crippen LogP contribution in [0, 0.1) is 17.8 Å². The van der Waals surface area contributed by atoms with E-state index in [2.05, 4.69) is 15.6 Å². The Morgan fingerprint density at radius 2 is 1.75 bits per heavy atom. The molecule has 1 aromatic heterocycles. The number of aliphatic hydroxyl groups is 4. The van der Waals surface area contributed by atoms with E-state index in [1.807, 2.05) is 52.6 Å². The molecule has 5 heterocycles. The highest BCUT2D eigenvalue weighted by Crippen LogP contribution is 2.44. The zero-order chi connectivity index (χ0) is 46.7. The number of aliphatic imine (C=N–C) groups is 1. The van der Waals surface area contributed by atoms with Crippen molar-refractivity contribution in [2.24, 2.45) is 22.7 Å². The summed E-state index contributed by atoms with van der Waals surface area (Å²) in [6, 6.07) is 3.24. The summed E-state index contributed by atoms with van der Waals surface area (Å²) in [6.07, 6.45) is -2.77. The monoisotopic (exact) mass is 894 g/mol. The molecular formula is C46H79N5O12. The summed E-state index contributed by atoms with van der Waals surface area (Å²) < 4.78 is 45.8. The van der Waals surface area contributed by atoms with Crippen LogP contribution in [0.4, 0.5) is 5.69 Å². The van der Waals surface area contributed by atoms with E-state index >= 15 is 0 Å². The van der Waals surface area contributed by atoms with E-state index in [4.69, 9.17) is 38.2 Å². The van der Waals surface area contributed by atoms with Crippen LogP contribution < -0.4 is 10.6 Å². The molecule has 5 rings (SSSR count). The summed E-state index contributed by atoms with van der Waals surface area (Å²) in [5.74, 6) is -2.66. The molecule has 17 nitrogen and oxygen atoms in total. The van der Waals surface area contributed by atoms with Crippen molar-refractivity contribution < 1.29 is 58.4 Å². The number of fused-ring (bicyclic) bond motifs is 1. The number of nitrogens with zero attached hydrogens (tertiary/aromatic N) is 3. The maximum atomic E-state index is 14.5. The van der Waals surface area contributed by atoms with Crippen molar-refractivity contribution >= 4 is 17.7 Å². The average molecular weight is 894 g/mol. The van der Waals surface area contributed by atoms with Gasteiger partial charge in [0.2, 0.25) is 0 Å². The smallest absolute Gasteiger partial charge is 0.311 e. The normalized spacial score (nSPS) is 45.2. The minimum atomic E-state index is -1.82. The van der Waals surface area contributed by atoms with Crippen molar-refractivity contribution in [1.82, 2.24) is 20.5 Å². The first-order valence-corrected chi connectivity index (χ1v) is 23.1. The average Bonchev–Trinajstić information content (AvgIpc) is 3.54. The maximum absolute atomic E-state index is 14.5. The molecule has 360 valence electrons. The van der Waals surface area contributed by atoms with Gasteiger partial charge in [0.15, 0.2) is 18.7 Å². The molecule has 4 aliphatic rings. The fraction of sp³-hybridized carbons (Fsp3) is 0.848. The van der Waals surface area contributed by atoms with Crippen LogP contribution in [0.2, 0.25) is 0 Å². The van der Waals surface area contributed by atoms with Crippen molar-refractivity contribution in [3.05, 3.63) is 24.5 Å². The topological polar surface area (TPSA) is 215 Å². The summed E-state index contributed by atoms with van der Waals surface area (Å²) in [6.45, 7) is 21.1. The number of cyclic esters (lactones) is 1. The third-order valence-corrected chi connectivity index (χ3v) is 14.2. The number of aliphatic hydroxyl groups excluding tert-OH is 1. The van der Waals surface area contributed by atoms with Gasteiger partial charge in [-0.1, -0.05) is 27.7 Å². The lowest BCUT2D eigenvalue weighted by atomic mass is 9.75. The number of amidine groups is 1. The van der Waals surface area contributed by atoms with E-state index in [0.29, 0.717) is 31.2 Å². The van der Waals surface area contributed by atoms with Crippen molar-refractivity contribution in [1.29, 1.82) is 0 Å². The summed E-state index contributed by atoms with van der Waals surface area (Å²) in [5, 5.41) is 54.9. The van der Waals surface area contributed by atoms with Gasteiger partial charge < -0.3 is 69.1 Å². The first kappa shape index (κ1) is 51.4. The molecule has 0 bridgehead atoms. The standard InChI is InChI=1S/C46H79N5O12/c1-14-18-48-25-46(56)31(8)59-35(22-44(46,10)57-13)61-36-28(5)39(63-41-37-33(20-27(4)58-41)51(12)42(62-37)50-32-17-16-19-47-24-32)43(9,54)21-26(3)23-49-30(7)38(52)45(11,55)34(15-2)60-40(53)29(36)6/h16-17,19,24,26-31,33-39,41,48-49,52,54-56H,14-15,18,20-23,25H2,1-13H3/t26-,27-,28+,29-,30-,31+,33+,34-,35+,36+,37-,38-,39-,41+,43-,44-,45-,46+/m1/s1. The Hall–Kier alpha value is -2.55. The molecule has 0 saturated carbocycles. The fourth-order valence-electron chi connectivity index (χ4n) is 10.2. The maximum Gasteiger partial charge on any atom is 0.311 e. The molecule has 0 radical (unpaired) electrons. The van der Waals surface area contributed by atoms with Crippen LogP contribution in [0.3, 0.4) is 0 Å². The van der Waals surface area contributed by atoms with Crippen LogP contribution in [0.1, 0.15) is 108 Å². The molecule has 4 saturated heterocycles. The lowest BCUT2D eigenvalue weighted by Crippen LogP contribution is -2.70. The van der Waals surface area contributed by atoms with Gasteiger partial charge >= 0.3 is 5.97 Å². The van der Waals surface area contributed by atoms with Gasteiger partial charge in [0, 0.05) is 45.3 Å². The predicted molar refractivity (Wildman–Crippen MR) is 236 cm³/mol. The zero-order valence-corrected chi connectivity index (χ0v) is 39.9. The highest BCUT2D eigenvalue weighted by molar-refractivity contribution is 5.79. The van der Waals surface area contributed by atoms with Gasteiger partial charge in [0.05, 0.1) is 53.9 Å². The number of rotatable bonds is 11. The molecule has 0 aromatic carbocycles. The Morgan fingerprint density at radius 1 is 1.03 bits per heavy atom. The van der Waals surface area contributed by atoms with Gasteiger partial charge in [-0.15, -0.1) is 0 Å². The molecule has 17 heteroatoms. The number of carbonyl (C=O) groups excluding carboxylic acids is 1. The number of likely N-dealkylation sites (N-methyl/N-ethyl adjacent to an activating group) is 1. The summed E-state index contributed by atoms with van der Waals surface area (Å²) in [5.41, 5.74) is -5.36. The number of pyridine rings is 1. The number of carbonyl (C=O) groups is 1. The summed E-state index contributed by atoms with van der Waals surface area (Å²) in [7, 11) is 3.46. The minimum Gasteiger partial charge on any atom is -0.459 e. The van der Waals surface area contributed by atoms with E-state index in [-0.39, 0.29) is 43.9 Å². The van der Waals surface area contributed by atoms with Crippen LogP contribution in [-0.2, 0) is 38.0 Å². The first-order chi connectivity index (χ1) is 29.5. The molecule has 0 unspecified atom stereocenters. The Morgan fingerprint density at radius 3 is 2.38 bits per heavy atom. The summed E-state index contributed by atoms with van der Waals surface area (Å²) in [4.78, 5) is 25.4. The Labute approximate surface area is 374 Å². The molecule has 4 aliphatic heterocycles. The number of hydrogen-bond acceptors (Lipinski definition) is 16. The first-order valence-electron chi connectivity index (χ1n) is 23.1. The molecule has 0 amide bonds. The molecule has 6 N–H and O–H groups in total. The second kappa shape index (κ2) is 21.0. The second-order valence-electron chi connectivity index (χ2n) is 19.5. The predicted octanol–water partition coefficient (Wildman–Crippen LogP) is 3.42. The largest absolute Gasteiger partial charge is 0.459 e. The van der Waals surface area contributed by atoms with Crippen LogP contribution in [-0.4, -0.2) is 166 Å². The Balaban J connectivity index is 1.57. The van der Waals surface area contributed by atoms with Crippen molar-refractivity contribution in [3.8, 4) is 0 Å². The SMILES string of the molecule is CCCNC[C@]1(O)[C@H](C)O[C@@H](O[C@H]2[C@H](C)[C@@H](O[C@@H]3O[C@H](C)C[C@H]4[C@H]3OC(=Nc3cccnc3)N4C)[C@](C)(O)C[C@@H](C)CN[C@H](C)[C@@H](O)[C@](C)(O)[C@@H](CC)OC(=O)[C@@H]2C)C[C@@]1(C)OC. The Kier molecular flexibility index (Phi) is 17.1. The highest BCUT2D eigenvalue weighted by Gasteiger charge is 2.59. The number of methoxy groups -OCH3 is 1. The fourth-order valence-corrected chi connectivity index (χ4v) is 10.2. The van der Waals surface area contributed by atoms with E-state index in [1.165, 1.54) is 6.92 Å². The third kappa shape index (κ3) is 11.2. The van der Waals surface area contributed by atoms with Gasteiger partial charge in [-0.25, -0.2) is 0 Å². The quantitative estimate of drug-likeness (QED) is 0.139. The van der Waals surface area contributed by atoms with Crippen LogP contribution in [0.15, 0.2) is 29.5 Å². The molecule has 4 fully saturated rings. The molecule has 63 heavy (non-hydrogen) atoms. The van der Waals surface area contributed by atoms with Crippen molar-refractivity contribution in [2.75, 3.05) is 33.8 Å². The van der Waals surface area contributed by atoms with Crippen molar-refractivity contribution in [2.45, 2.75) is 198 Å². The van der Waals surface area contributed by atoms with Crippen molar-refractivity contribution in [3.63, 3.8) is 0 Å². The van der Waals surface area contributed by atoms with E-state index in [1.54, 1.807) is 60.2 Å². The number of hydrogen-bond donors (Lipinski definition) is 6.